The summed E-state index contributed by atoms with van der Waals surface area (Å²) in [6, 6.07) is 0. The Balaban J connectivity index is 2.72. The molecule has 0 spiro atoms. The highest BCUT2D eigenvalue weighted by atomic mass is 16.5. The predicted octanol–water partition coefficient (Wildman–Crippen LogP) is 0.689. The van der Waals surface area contributed by atoms with E-state index < -0.39 is 17.6 Å². The van der Waals surface area contributed by atoms with Gasteiger partial charge in [-0.2, -0.15) is 0 Å². The fourth-order valence-electron chi connectivity index (χ4n) is 2.76. The maximum Gasteiger partial charge on any atom is 0.336 e. The molecule has 1 fully saturated rings. The molecule has 15 heavy (non-hydrogen) atoms. The van der Waals surface area contributed by atoms with Crippen molar-refractivity contribution in [2.24, 2.45) is 5.41 Å². The highest BCUT2D eigenvalue weighted by Gasteiger charge is 2.55. The number of nitrogens with one attached hydrogen (secondary N) is 1. The average molecular weight is 215 g/mol. The normalized spacial score (nSPS) is 24.1. The van der Waals surface area contributed by atoms with Crippen molar-refractivity contribution in [3.63, 3.8) is 0 Å². The second kappa shape index (κ2) is 4.10. The molecule has 0 radical (unpaired) electrons. The van der Waals surface area contributed by atoms with Gasteiger partial charge in [-0.25, -0.2) is 4.79 Å². The number of rotatable bonds is 4. The number of hydrogen-bond donors (Lipinski definition) is 2. The van der Waals surface area contributed by atoms with Gasteiger partial charge in [0.2, 0.25) is 0 Å². The standard InChI is InChI=1S/C11H21NO3/c1-5-12-11(6-10(2,3)7-11)8(13)9(14)15-4/h8,12-13H,5-7H2,1-4H3. The van der Waals surface area contributed by atoms with Crippen LogP contribution < -0.4 is 5.32 Å². The minimum absolute atomic E-state index is 0.192. The first-order chi connectivity index (χ1) is 6.87. The van der Waals surface area contributed by atoms with E-state index in [1.807, 2.05) is 6.92 Å². The van der Waals surface area contributed by atoms with Gasteiger partial charge in [0.15, 0.2) is 6.10 Å². The zero-order valence-corrected chi connectivity index (χ0v) is 9.96. The Kier molecular flexibility index (Phi) is 3.41. The number of aliphatic hydroxyl groups excluding tert-OH is 1. The number of likely N-dealkylation sites (N-methyl/N-ethyl adjacent to an activating group) is 1. The minimum atomic E-state index is -1.06. The van der Waals surface area contributed by atoms with Gasteiger partial charge in [-0.1, -0.05) is 20.8 Å². The number of methoxy groups -OCH3 is 1. The SMILES string of the molecule is CCNC1(C(O)C(=O)OC)CC(C)(C)C1. The van der Waals surface area contributed by atoms with Crippen molar-refractivity contribution in [1.82, 2.24) is 5.32 Å². The van der Waals surface area contributed by atoms with E-state index in [9.17, 15) is 9.90 Å². The lowest BCUT2D eigenvalue weighted by atomic mass is 9.57. The summed E-state index contributed by atoms with van der Waals surface area (Å²) in [6.45, 7) is 6.97. The number of ether oxygens (including phenoxy) is 1. The monoisotopic (exact) mass is 215 g/mol. The lowest BCUT2D eigenvalue weighted by Crippen LogP contribution is -2.67. The Morgan fingerprint density at radius 1 is 1.53 bits per heavy atom. The van der Waals surface area contributed by atoms with Crippen molar-refractivity contribution in [1.29, 1.82) is 0 Å². The fourth-order valence-corrected chi connectivity index (χ4v) is 2.76. The number of hydrogen-bond acceptors (Lipinski definition) is 4. The maximum absolute atomic E-state index is 11.3. The van der Waals surface area contributed by atoms with Gasteiger partial charge in [-0.15, -0.1) is 0 Å². The van der Waals surface area contributed by atoms with Gasteiger partial charge in [0.1, 0.15) is 0 Å². The van der Waals surface area contributed by atoms with Crippen LogP contribution in [0.5, 0.6) is 0 Å². The van der Waals surface area contributed by atoms with Crippen LogP contribution >= 0.6 is 0 Å². The Bertz CT molecular complexity index is 242. The molecular weight excluding hydrogens is 194 g/mol. The van der Waals surface area contributed by atoms with Crippen molar-refractivity contribution in [3.05, 3.63) is 0 Å². The first-order valence-corrected chi connectivity index (χ1v) is 5.38. The summed E-state index contributed by atoms with van der Waals surface area (Å²) < 4.78 is 4.58. The van der Waals surface area contributed by atoms with Crippen molar-refractivity contribution in [3.8, 4) is 0 Å². The van der Waals surface area contributed by atoms with Crippen molar-refractivity contribution in [2.75, 3.05) is 13.7 Å². The summed E-state index contributed by atoms with van der Waals surface area (Å²) in [5.74, 6) is -0.550. The van der Waals surface area contributed by atoms with Crippen molar-refractivity contribution in [2.45, 2.75) is 45.3 Å². The molecule has 0 aromatic carbocycles. The van der Waals surface area contributed by atoms with E-state index in [1.54, 1.807) is 0 Å². The van der Waals surface area contributed by atoms with Gasteiger partial charge in [-0.05, 0) is 24.8 Å². The number of aliphatic hydroxyl groups is 1. The van der Waals surface area contributed by atoms with Crippen LogP contribution in [0.3, 0.4) is 0 Å². The molecule has 0 saturated heterocycles. The molecule has 4 heteroatoms. The molecule has 0 aromatic rings. The Morgan fingerprint density at radius 3 is 2.40 bits per heavy atom. The van der Waals surface area contributed by atoms with E-state index in [0.717, 1.165) is 19.4 Å². The van der Waals surface area contributed by atoms with Crippen LogP contribution in [0.1, 0.15) is 33.6 Å². The quantitative estimate of drug-likeness (QED) is 0.677. The Hall–Kier alpha value is -0.610. The molecule has 0 aromatic heterocycles. The van der Waals surface area contributed by atoms with Crippen LogP contribution in [0.15, 0.2) is 0 Å². The third-order valence-electron chi connectivity index (χ3n) is 3.06. The van der Waals surface area contributed by atoms with Crippen LogP contribution in [-0.2, 0) is 9.53 Å². The van der Waals surface area contributed by atoms with E-state index in [0.29, 0.717) is 0 Å². The summed E-state index contributed by atoms with van der Waals surface area (Å²) in [6.07, 6.45) is 0.532. The van der Waals surface area contributed by atoms with Gasteiger partial charge in [-0.3, -0.25) is 0 Å². The fraction of sp³-hybridized carbons (Fsp3) is 0.909. The third-order valence-corrected chi connectivity index (χ3v) is 3.06. The molecule has 2 N–H and O–H groups in total. The van der Waals surface area contributed by atoms with E-state index in [2.05, 4.69) is 23.9 Å². The van der Waals surface area contributed by atoms with Crippen molar-refractivity contribution >= 4 is 5.97 Å². The summed E-state index contributed by atoms with van der Waals surface area (Å²) in [5, 5.41) is 13.1. The number of esters is 1. The van der Waals surface area contributed by atoms with E-state index in [4.69, 9.17) is 0 Å². The molecule has 0 aliphatic heterocycles. The summed E-state index contributed by atoms with van der Waals surface area (Å²) in [7, 11) is 1.30. The first kappa shape index (κ1) is 12.5. The molecule has 1 unspecified atom stereocenters. The summed E-state index contributed by atoms with van der Waals surface area (Å²) in [5.41, 5.74) is -0.289. The highest BCUT2D eigenvalue weighted by molar-refractivity contribution is 5.76. The van der Waals surface area contributed by atoms with Crippen LogP contribution in [0.4, 0.5) is 0 Å². The Morgan fingerprint density at radius 2 is 2.07 bits per heavy atom. The molecule has 0 amide bonds. The minimum Gasteiger partial charge on any atom is -0.467 e. The van der Waals surface area contributed by atoms with Crippen LogP contribution in [-0.4, -0.2) is 36.4 Å². The molecule has 4 nitrogen and oxygen atoms in total. The molecule has 88 valence electrons. The molecule has 1 atom stereocenters. The summed E-state index contributed by atoms with van der Waals surface area (Å²) >= 11 is 0. The number of carbonyl (C=O) groups is 1. The molecule has 0 heterocycles. The van der Waals surface area contributed by atoms with Gasteiger partial charge in [0, 0.05) is 0 Å². The van der Waals surface area contributed by atoms with Gasteiger partial charge < -0.3 is 15.2 Å². The number of carbonyl (C=O) groups excluding carboxylic acids is 1. The first-order valence-electron chi connectivity index (χ1n) is 5.38. The van der Waals surface area contributed by atoms with Crippen LogP contribution in [0.25, 0.3) is 0 Å². The lowest BCUT2D eigenvalue weighted by molar-refractivity contribution is -0.163. The topological polar surface area (TPSA) is 58.6 Å². The molecular formula is C11H21NO3. The van der Waals surface area contributed by atoms with Gasteiger partial charge >= 0.3 is 5.97 Å². The zero-order valence-electron chi connectivity index (χ0n) is 9.96. The van der Waals surface area contributed by atoms with Crippen LogP contribution in [0, 0.1) is 5.41 Å². The average Bonchev–Trinajstić information content (AvgIpc) is 2.12. The highest BCUT2D eigenvalue weighted by Crippen LogP contribution is 2.49. The molecule has 1 rings (SSSR count). The summed E-state index contributed by atoms with van der Waals surface area (Å²) in [4.78, 5) is 11.3. The van der Waals surface area contributed by atoms with Crippen LogP contribution in [0.2, 0.25) is 0 Å². The second-order valence-electron chi connectivity index (χ2n) is 5.13. The predicted molar refractivity (Wildman–Crippen MR) is 57.4 cm³/mol. The zero-order chi connectivity index (χ0) is 11.7. The van der Waals surface area contributed by atoms with Gasteiger partial charge in [0.25, 0.3) is 0 Å². The molecule has 1 saturated carbocycles. The smallest absolute Gasteiger partial charge is 0.336 e. The van der Waals surface area contributed by atoms with E-state index in [1.165, 1.54) is 7.11 Å². The van der Waals surface area contributed by atoms with Gasteiger partial charge in [0.05, 0.1) is 12.6 Å². The largest absolute Gasteiger partial charge is 0.467 e. The third kappa shape index (κ3) is 2.32. The Labute approximate surface area is 91.0 Å². The maximum atomic E-state index is 11.3. The molecule has 1 aliphatic carbocycles. The van der Waals surface area contributed by atoms with Crippen molar-refractivity contribution < 1.29 is 14.6 Å². The lowest BCUT2D eigenvalue weighted by Gasteiger charge is -2.55. The molecule has 0 bridgehead atoms. The van der Waals surface area contributed by atoms with E-state index in [-0.39, 0.29) is 5.41 Å². The second-order valence-corrected chi connectivity index (χ2v) is 5.13. The van der Waals surface area contributed by atoms with E-state index >= 15 is 0 Å². The molecule has 1 aliphatic rings.